The van der Waals surface area contributed by atoms with Crippen molar-refractivity contribution in [1.82, 2.24) is 0 Å². The Bertz CT molecular complexity index is 3380. The summed E-state index contributed by atoms with van der Waals surface area (Å²) in [6.07, 6.45) is 0. The van der Waals surface area contributed by atoms with Gasteiger partial charge in [0, 0.05) is 21.8 Å². The molecule has 0 bridgehead atoms. The van der Waals surface area contributed by atoms with Gasteiger partial charge in [-0.25, -0.2) is 0 Å². The van der Waals surface area contributed by atoms with Crippen molar-refractivity contribution in [3.05, 3.63) is 193 Å². The Kier molecular flexibility index (Phi) is 6.46. The lowest BCUT2D eigenvalue weighted by Crippen LogP contribution is -2.15. The third kappa shape index (κ3) is 4.31. The second-order valence-electron chi connectivity index (χ2n) is 16.0. The lowest BCUT2D eigenvalue weighted by Gasteiger charge is -2.22. The zero-order valence-corrected chi connectivity index (χ0v) is 31.2. The summed E-state index contributed by atoms with van der Waals surface area (Å²) in [5, 5.41) is 12.5. The van der Waals surface area contributed by atoms with E-state index in [1.807, 2.05) is 0 Å². The van der Waals surface area contributed by atoms with E-state index < -0.39 is 0 Å². The molecule has 0 unspecified atom stereocenters. The highest BCUT2D eigenvalue weighted by molar-refractivity contribution is 6.25. The molecule has 262 valence electrons. The molecule has 1 nitrogen and oxygen atoms in total. The highest BCUT2D eigenvalue weighted by atomic mass is 16.3. The maximum Gasteiger partial charge on any atom is 0.140 e. The Morgan fingerprint density at radius 1 is 0.375 bits per heavy atom. The molecule has 11 aromatic rings. The van der Waals surface area contributed by atoms with Crippen molar-refractivity contribution in [2.45, 2.75) is 19.3 Å². The van der Waals surface area contributed by atoms with Gasteiger partial charge in [0.05, 0.1) is 0 Å². The topological polar surface area (TPSA) is 13.1 Å². The molecule has 1 aliphatic carbocycles. The minimum absolute atomic E-state index is 0.215. The second-order valence-corrected chi connectivity index (χ2v) is 16.0. The van der Waals surface area contributed by atoms with Gasteiger partial charge < -0.3 is 4.42 Å². The van der Waals surface area contributed by atoms with Gasteiger partial charge in [0.15, 0.2) is 0 Å². The number of hydrogen-bond donors (Lipinski definition) is 0. The Hall–Kier alpha value is -6.96. The van der Waals surface area contributed by atoms with E-state index in [4.69, 9.17) is 4.42 Å². The van der Waals surface area contributed by atoms with Gasteiger partial charge in [-0.05, 0) is 117 Å². The van der Waals surface area contributed by atoms with Crippen LogP contribution in [0.2, 0.25) is 0 Å². The van der Waals surface area contributed by atoms with Gasteiger partial charge in [0.1, 0.15) is 11.2 Å². The van der Waals surface area contributed by atoms with Gasteiger partial charge in [-0.15, -0.1) is 0 Å². The van der Waals surface area contributed by atoms with Gasteiger partial charge in [-0.2, -0.15) is 0 Å². The second kappa shape index (κ2) is 11.5. The minimum Gasteiger partial charge on any atom is -0.456 e. The number of hydrogen-bond acceptors (Lipinski definition) is 1. The van der Waals surface area contributed by atoms with E-state index in [2.05, 4.69) is 196 Å². The van der Waals surface area contributed by atoms with Crippen molar-refractivity contribution in [1.29, 1.82) is 0 Å². The molecule has 1 aromatic heterocycles. The van der Waals surface area contributed by atoms with Crippen molar-refractivity contribution in [2.24, 2.45) is 0 Å². The standard InChI is InChI=1S/C55H36O/c1-55(2)47-29-28-37(32-46(47)51-43-20-10-11-21-44(43)52-45-22-12-13-23-48(45)56-54(52)53(51)55)35-24-25-36-31-38(27-26-34(36)30-35)50-41-18-8-6-16-39(41)49(33-14-4-3-5-15-33)40-17-7-9-19-42(40)50/h3-32H,1-2H3. The fourth-order valence-corrected chi connectivity index (χ4v) is 10.1. The summed E-state index contributed by atoms with van der Waals surface area (Å²) in [6, 6.07) is 67.0. The SMILES string of the molecule is CC1(C)c2ccc(-c3ccc4cc(-c5c6ccccc6c(-c6ccccc6)c6ccccc56)ccc4c3)cc2-c2c1c1oc3ccccc3c1c1ccccc21. The van der Waals surface area contributed by atoms with Gasteiger partial charge >= 0.3 is 0 Å². The summed E-state index contributed by atoms with van der Waals surface area (Å²) < 4.78 is 6.75. The summed E-state index contributed by atoms with van der Waals surface area (Å²) in [5.41, 5.74) is 14.5. The summed E-state index contributed by atoms with van der Waals surface area (Å²) in [4.78, 5) is 0. The van der Waals surface area contributed by atoms with E-state index in [1.54, 1.807) is 0 Å². The Morgan fingerprint density at radius 2 is 0.857 bits per heavy atom. The summed E-state index contributed by atoms with van der Waals surface area (Å²) in [6.45, 7) is 4.71. The summed E-state index contributed by atoms with van der Waals surface area (Å²) >= 11 is 0. The van der Waals surface area contributed by atoms with Crippen LogP contribution >= 0.6 is 0 Å². The summed E-state index contributed by atoms with van der Waals surface area (Å²) in [7, 11) is 0. The Morgan fingerprint density at radius 3 is 1.52 bits per heavy atom. The van der Waals surface area contributed by atoms with Crippen LogP contribution < -0.4 is 0 Å². The molecule has 56 heavy (non-hydrogen) atoms. The van der Waals surface area contributed by atoms with Crippen molar-refractivity contribution < 1.29 is 4.42 Å². The lowest BCUT2D eigenvalue weighted by atomic mass is 9.80. The van der Waals surface area contributed by atoms with Crippen LogP contribution in [0, 0.1) is 0 Å². The van der Waals surface area contributed by atoms with Crippen LogP contribution in [0.15, 0.2) is 186 Å². The third-order valence-electron chi connectivity index (χ3n) is 12.6. The van der Waals surface area contributed by atoms with Crippen LogP contribution in [0.1, 0.15) is 25.0 Å². The first kappa shape index (κ1) is 31.4. The molecular weight excluding hydrogens is 677 g/mol. The van der Waals surface area contributed by atoms with Crippen LogP contribution in [0.4, 0.5) is 0 Å². The molecule has 0 aliphatic heterocycles. The third-order valence-corrected chi connectivity index (χ3v) is 12.6. The van der Waals surface area contributed by atoms with Crippen molar-refractivity contribution in [2.75, 3.05) is 0 Å². The first-order valence-electron chi connectivity index (χ1n) is 19.6. The van der Waals surface area contributed by atoms with E-state index in [-0.39, 0.29) is 5.41 Å². The number of benzene rings is 10. The number of fused-ring (bicyclic) bond motifs is 13. The fourth-order valence-electron chi connectivity index (χ4n) is 10.1. The lowest BCUT2D eigenvalue weighted by molar-refractivity contribution is 0.620. The van der Waals surface area contributed by atoms with Crippen LogP contribution in [-0.4, -0.2) is 0 Å². The zero-order chi connectivity index (χ0) is 37.1. The molecule has 1 aliphatic rings. The predicted molar refractivity (Wildman–Crippen MR) is 238 cm³/mol. The molecule has 1 heterocycles. The molecule has 0 radical (unpaired) electrons. The highest BCUT2D eigenvalue weighted by Crippen LogP contribution is 2.56. The molecule has 0 amide bonds. The molecule has 0 saturated heterocycles. The van der Waals surface area contributed by atoms with Gasteiger partial charge in [0.2, 0.25) is 0 Å². The van der Waals surface area contributed by atoms with Crippen LogP contribution in [-0.2, 0) is 5.41 Å². The monoisotopic (exact) mass is 712 g/mol. The molecule has 10 aromatic carbocycles. The summed E-state index contributed by atoms with van der Waals surface area (Å²) in [5.74, 6) is 0. The highest BCUT2D eigenvalue weighted by Gasteiger charge is 2.40. The molecular formula is C55H36O. The molecule has 12 rings (SSSR count). The van der Waals surface area contributed by atoms with Crippen molar-refractivity contribution in [3.8, 4) is 44.5 Å². The first-order chi connectivity index (χ1) is 27.5. The van der Waals surface area contributed by atoms with Crippen molar-refractivity contribution in [3.63, 3.8) is 0 Å². The average Bonchev–Trinajstić information content (AvgIpc) is 3.75. The molecule has 0 atom stereocenters. The quantitative estimate of drug-likeness (QED) is 0.166. The fraction of sp³-hybridized carbons (Fsp3) is 0.0545. The van der Waals surface area contributed by atoms with Crippen LogP contribution in [0.25, 0.3) is 110 Å². The smallest absolute Gasteiger partial charge is 0.140 e. The van der Waals surface area contributed by atoms with E-state index in [0.717, 1.165) is 11.2 Å². The molecule has 0 N–H and O–H groups in total. The van der Waals surface area contributed by atoms with Crippen molar-refractivity contribution >= 4 is 65.0 Å². The molecule has 0 spiro atoms. The van der Waals surface area contributed by atoms with E-state index in [1.165, 1.54) is 109 Å². The molecule has 0 saturated carbocycles. The number of rotatable bonds is 3. The van der Waals surface area contributed by atoms with E-state index in [0.29, 0.717) is 0 Å². The van der Waals surface area contributed by atoms with Crippen LogP contribution in [0.3, 0.4) is 0 Å². The normalized spacial score (nSPS) is 13.3. The molecule has 1 heteroatoms. The van der Waals surface area contributed by atoms with Gasteiger partial charge in [-0.3, -0.25) is 0 Å². The maximum absolute atomic E-state index is 6.75. The molecule has 0 fully saturated rings. The average molecular weight is 713 g/mol. The Labute approximate surface area is 325 Å². The maximum atomic E-state index is 6.75. The Balaban J connectivity index is 1.01. The number of furan rings is 1. The van der Waals surface area contributed by atoms with Gasteiger partial charge in [0.25, 0.3) is 0 Å². The van der Waals surface area contributed by atoms with E-state index in [9.17, 15) is 0 Å². The van der Waals surface area contributed by atoms with E-state index >= 15 is 0 Å². The van der Waals surface area contributed by atoms with Gasteiger partial charge in [-0.1, -0.05) is 172 Å². The largest absolute Gasteiger partial charge is 0.456 e. The number of para-hydroxylation sites is 1. The minimum atomic E-state index is -0.215. The van der Waals surface area contributed by atoms with Crippen LogP contribution in [0.5, 0.6) is 0 Å². The zero-order valence-electron chi connectivity index (χ0n) is 31.2. The predicted octanol–water partition coefficient (Wildman–Crippen LogP) is 15.5. The first-order valence-corrected chi connectivity index (χ1v) is 19.6.